The molecule has 3 aromatic carbocycles. The highest BCUT2D eigenvalue weighted by Gasteiger charge is 2.18. The number of rotatable bonds is 3. The van der Waals surface area contributed by atoms with Gasteiger partial charge in [-0.15, -0.1) is 0 Å². The lowest BCUT2D eigenvalue weighted by Crippen LogP contribution is -2.27. The maximum atomic E-state index is 6.23. The van der Waals surface area contributed by atoms with E-state index in [4.69, 9.17) is 21.3 Å². The first-order valence-corrected chi connectivity index (χ1v) is 9.71. The van der Waals surface area contributed by atoms with Gasteiger partial charge in [-0.05, 0) is 61.7 Å². The lowest BCUT2D eigenvalue weighted by molar-refractivity contribution is 0.483. The molecule has 0 amide bonds. The predicted molar refractivity (Wildman–Crippen MR) is 114 cm³/mol. The molecule has 3 aromatic rings. The molecule has 0 aromatic heterocycles. The molecule has 1 aliphatic heterocycles. The fourth-order valence-corrected chi connectivity index (χ4v) is 3.66. The first kappa shape index (κ1) is 17.8. The maximum absolute atomic E-state index is 6.23. The van der Waals surface area contributed by atoms with Gasteiger partial charge in [0.05, 0.1) is 9.92 Å². The van der Waals surface area contributed by atoms with Crippen LogP contribution in [0.25, 0.3) is 0 Å². The van der Waals surface area contributed by atoms with Crippen molar-refractivity contribution in [2.75, 3.05) is 5.32 Å². The van der Waals surface area contributed by atoms with Crippen LogP contribution in [0.3, 0.4) is 0 Å². The summed E-state index contributed by atoms with van der Waals surface area (Å²) in [6.07, 6.45) is 0. The summed E-state index contributed by atoms with van der Waals surface area (Å²) in [7, 11) is 0. The number of guanidine groups is 1. The molecule has 6 heteroatoms. The average Bonchev–Trinajstić information content (AvgIpc) is 2.66. The van der Waals surface area contributed by atoms with Crippen molar-refractivity contribution in [2.45, 2.75) is 18.7 Å². The number of ether oxygens (including phenoxy) is 1. The van der Waals surface area contributed by atoms with E-state index in [-0.39, 0.29) is 0 Å². The van der Waals surface area contributed by atoms with Gasteiger partial charge in [-0.1, -0.05) is 47.5 Å². The first-order chi connectivity index (χ1) is 13.1. The number of anilines is 1. The SMILES string of the molecule is Cc1ccc(NC2=Nc3c(Oc4ccccc4Cl)cccc3SN2)c(C)c1. The van der Waals surface area contributed by atoms with Crippen LogP contribution in [0.15, 0.2) is 70.6 Å². The predicted octanol–water partition coefficient (Wildman–Crippen LogP) is 6.46. The molecule has 27 heavy (non-hydrogen) atoms. The zero-order valence-corrected chi connectivity index (χ0v) is 16.5. The number of hydrogen-bond donors (Lipinski definition) is 2. The van der Waals surface area contributed by atoms with Crippen molar-refractivity contribution in [2.24, 2.45) is 4.99 Å². The molecule has 0 radical (unpaired) electrons. The topological polar surface area (TPSA) is 45.7 Å². The molecule has 136 valence electrons. The molecule has 1 heterocycles. The molecule has 1 aliphatic rings. The van der Waals surface area contributed by atoms with E-state index in [1.165, 1.54) is 17.5 Å². The Morgan fingerprint density at radius 2 is 1.81 bits per heavy atom. The number of para-hydroxylation sites is 2. The van der Waals surface area contributed by atoms with Gasteiger partial charge in [0.2, 0.25) is 5.96 Å². The molecular formula is C21H18ClN3OS. The molecule has 0 bridgehead atoms. The molecule has 0 unspecified atom stereocenters. The summed E-state index contributed by atoms with van der Waals surface area (Å²) in [5.74, 6) is 1.93. The average molecular weight is 396 g/mol. The number of fused-ring (bicyclic) bond motifs is 1. The van der Waals surface area contributed by atoms with Gasteiger partial charge in [-0.2, -0.15) is 0 Å². The summed E-state index contributed by atoms with van der Waals surface area (Å²) in [5.41, 5.74) is 4.18. The second kappa shape index (κ2) is 7.55. The lowest BCUT2D eigenvalue weighted by atomic mass is 10.1. The Morgan fingerprint density at radius 3 is 2.63 bits per heavy atom. The Kier molecular flexibility index (Phi) is 4.97. The van der Waals surface area contributed by atoms with Crippen LogP contribution in [0.1, 0.15) is 11.1 Å². The van der Waals surface area contributed by atoms with Gasteiger partial charge in [0.1, 0.15) is 11.4 Å². The van der Waals surface area contributed by atoms with Crippen LogP contribution < -0.4 is 14.8 Å². The normalized spacial score (nSPS) is 12.6. The largest absolute Gasteiger partial charge is 0.453 e. The number of nitrogens with zero attached hydrogens (tertiary/aromatic N) is 1. The summed E-state index contributed by atoms with van der Waals surface area (Å²) in [6.45, 7) is 4.16. The van der Waals surface area contributed by atoms with Crippen molar-refractivity contribution in [3.63, 3.8) is 0 Å². The van der Waals surface area contributed by atoms with Crippen molar-refractivity contribution >= 4 is 40.9 Å². The molecule has 0 saturated heterocycles. The van der Waals surface area contributed by atoms with Gasteiger partial charge in [0.25, 0.3) is 0 Å². The second-order valence-corrected chi connectivity index (χ2v) is 7.50. The van der Waals surface area contributed by atoms with E-state index in [0.29, 0.717) is 22.5 Å². The standard InChI is InChI=1S/C21H18ClN3OS/c1-13-10-11-16(14(2)12-13)23-21-24-20-18(8-5-9-19(20)27-25-21)26-17-7-4-3-6-15(17)22/h3-12H,1-2H3,(H2,23,24,25). The lowest BCUT2D eigenvalue weighted by Gasteiger charge is -2.20. The molecule has 0 fully saturated rings. The smallest absolute Gasteiger partial charge is 0.211 e. The van der Waals surface area contributed by atoms with Crippen LogP contribution in [0.5, 0.6) is 11.5 Å². The minimum Gasteiger partial charge on any atom is -0.453 e. The van der Waals surface area contributed by atoms with Crippen molar-refractivity contribution in [1.29, 1.82) is 0 Å². The zero-order chi connectivity index (χ0) is 18.8. The van der Waals surface area contributed by atoms with Crippen molar-refractivity contribution in [3.8, 4) is 11.5 Å². The van der Waals surface area contributed by atoms with E-state index in [2.05, 4.69) is 42.1 Å². The molecular weight excluding hydrogens is 378 g/mol. The first-order valence-electron chi connectivity index (χ1n) is 8.51. The minimum absolute atomic E-state index is 0.564. The molecule has 2 N–H and O–H groups in total. The van der Waals surface area contributed by atoms with Gasteiger partial charge in [0.15, 0.2) is 5.75 Å². The van der Waals surface area contributed by atoms with Crippen LogP contribution >= 0.6 is 23.5 Å². The van der Waals surface area contributed by atoms with Crippen LogP contribution in [0.4, 0.5) is 11.4 Å². The Labute approximate surface area is 167 Å². The molecule has 0 atom stereocenters. The van der Waals surface area contributed by atoms with E-state index in [0.717, 1.165) is 21.8 Å². The van der Waals surface area contributed by atoms with Gasteiger partial charge in [-0.25, -0.2) is 4.99 Å². The molecule has 0 aliphatic carbocycles. The third-order valence-corrected chi connectivity index (χ3v) is 5.29. The van der Waals surface area contributed by atoms with Crippen molar-refractivity contribution < 1.29 is 4.74 Å². The van der Waals surface area contributed by atoms with Crippen molar-refractivity contribution in [3.05, 3.63) is 76.8 Å². The highest BCUT2D eigenvalue weighted by molar-refractivity contribution is 7.98. The highest BCUT2D eigenvalue weighted by atomic mass is 35.5. The quantitative estimate of drug-likeness (QED) is 0.499. The molecule has 4 rings (SSSR count). The maximum Gasteiger partial charge on any atom is 0.211 e. The third-order valence-electron chi connectivity index (χ3n) is 4.13. The van der Waals surface area contributed by atoms with Crippen molar-refractivity contribution in [1.82, 2.24) is 4.72 Å². The monoisotopic (exact) mass is 395 g/mol. The summed E-state index contributed by atoms with van der Waals surface area (Å²) >= 11 is 7.73. The Hall–Kier alpha value is -2.63. The van der Waals surface area contributed by atoms with E-state index >= 15 is 0 Å². The highest BCUT2D eigenvalue weighted by Crippen LogP contribution is 2.42. The van der Waals surface area contributed by atoms with Crippen LogP contribution in [0.2, 0.25) is 5.02 Å². The Morgan fingerprint density at radius 1 is 1.00 bits per heavy atom. The number of aryl methyl sites for hydroxylation is 2. The van der Waals surface area contributed by atoms with Gasteiger partial charge >= 0.3 is 0 Å². The number of hydrogen-bond acceptors (Lipinski definition) is 5. The van der Waals surface area contributed by atoms with Gasteiger partial charge < -0.3 is 10.1 Å². The fraction of sp³-hybridized carbons (Fsp3) is 0.0952. The van der Waals surface area contributed by atoms with Gasteiger partial charge in [0, 0.05) is 5.69 Å². The Bertz CT molecular complexity index is 1040. The summed E-state index contributed by atoms with van der Waals surface area (Å²) in [5, 5.41) is 3.92. The van der Waals surface area contributed by atoms with E-state index in [1.807, 2.05) is 36.4 Å². The molecule has 0 saturated carbocycles. The Balaban J connectivity index is 1.65. The molecule has 0 spiro atoms. The summed E-state index contributed by atoms with van der Waals surface area (Å²) < 4.78 is 9.28. The number of nitrogens with one attached hydrogen (secondary N) is 2. The molecule has 4 nitrogen and oxygen atoms in total. The zero-order valence-electron chi connectivity index (χ0n) is 14.9. The van der Waals surface area contributed by atoms with E-state index in [1.54, 1.807) is 6.07 Å². The van der Waals surface area contributed by atoms with Gasteiger partial charge in [-0.3, -0.25) is 4.72 Å². The number of halogens is 1. The minimum atomic E-state index is 0.564. The number of benzene rings is 3. The number of aliphatic imine (C=N–C) groups is 1. The summed E-state index contributed by atoms with van der Waals surface area (Å²) in [4.78, 5) is 5.73. The summed E-state index contributed by atoms with van der Waals surface area (Å²) in [6, 6.07) is 19.5. The van der Waals surface area contributed by atoms with Crippen LogP contribution in [-0.2, 0) is 0 Å². The second-order valence-electron chi connectivity index (χ2n) is 6.24. The van der Waals surface area contributed by atoms with Crippen LogP contribution in [0, 0.1) is 13.8 Å². The fourth-order valence-electron chi connectivity index (χ4n) is 2.80. The van der Waals surface area contributed by atoms with E-state index in [9.17, 15) is 0 Å². The third kappa shape index (κ3) is 3.89. The van der Waals surface area contributed by atoms with E-state index < -0.39 is 0 Å². The van der Waals surface area contributed by atoms with Crippen LogP contribution in [-0.4, -0.2) is 5.96 Å².